The summed E-state index contributed by atoms with van der Waals surface area (Å²) in [4.78, 5) is 7.18. The summed E-state index contributed by atoms with van der Waals surface area (Å²) in [6, 6.07) is 15.3. The van der Waals surface area contributed by atoms with E-state index < -0.39 is 10.0 Å². The molecule has 5 rings (SSSR count). The lowest BCUT2D eigenvalue weighted by molar-refractivity contribution is 0.124. The zero-order valence-electron chi connectivity index (χ0n) is 18.3. The lowest BCUT2D eigenvalue weighted by Gasteiger charge is -2.36. The van der Waals surface area contributed by atoms with E-state index in [0.717, 1.165) is 24.8 Å². The highest BCUT2D eigenvalue weighted by Crippen LogP contribution is 2.28. The van der Waals surface area contributed by atoms with Crippen LogP contribution in [0.4, 0.5) is 0 Å². The van der Waals surface area contributed by atoms with Crippen molar-refractivity contribution >= 4 is 10.0 Å². The molecule has 0 radical (unpaired) electrons. The normalized spacial score (nSPS) is 18.9. The fourth-order valence-electron chi connectivity index (χ4n) is 4.62. The molecule has 1 fully saturated rings. The van der Waals surface area contributed by atoms with Gasteiger partial charge in [0.2, 0.25) is 21.7 Å². The van der Waals surface area contributed by atoms with Crippen molar-refractivity contribution in [3.8, 4) is 11.4 Å². The van der Waals surface area contributed by atoms with Gasteiger partial charge in [-0.15, -0.1) is 0 Å². The van der Waals surface area contributed by atoms with Gasteiger partial charge in [-0.1, -0.05) is 41.6 Å². The summed E-state index contributed by atoms with van der Waals surface area (Å²) in [6.07, 6.45) is 4.34. The third-order valence-electron chi connectivity index (χ3n) is 6.61. The number of aryl methyl sites for hydroxylation is 2. The molecule has 1 unspecified atom stereocenters. The monoisotopic (exact) mass is 452 g/mol. The quantitative estimate of drug-likeness (QED) is 0.588. The van der Waals surface area contributed by atoms with Crippen LogP contribution < -0.4 is 0 Å². The van der Waals surface area contributed by atoms with Crippen LogP contribution in [-0.4, -0.2) is 53.9 Å². The Morgan fingerprint density at radius 2 is 1.66 bits per heavy atom. The maximum Gasteiger partial charge on any atom is 0.244 e. The Hall–Kier alpha value is -2.55. The first-order valence-corrected chi connectivity index (χ1v) is 12.7. The summed E-state index contributed by atoms with van der Waals surface area (Å²) < 4.78 is 33.6. The molecule has 168 valence electrons. The van der Waals surface area contributed by atoms with Crippen LogP contribution in [0.3, 0.4) is 0 Å². The number of fused-ring (bicyclic) bond motifs is 1. The fraction of sp³-hybridized carbons (Fsp3) is 0.417. The number of hydrogen-bond donors (Lipinski definition) is 0. The molecule has 1 saturated heterocycles. The number of hydrogen-bond acceptors (Lipinski definition) is 6. The van der Waals surface area contributed by atoms with Gasteiger partial charge in [-0.05, 0) is 55.9 Å². The molecule has 0 amide bonds. The van der Waals surface area contributed by atoms with Crippen LogP contribution in [0.5, 0.6) is 0 Å². The summed E-state index contributed by atoms with van der Waals surface area (Å²) in [7, 11) is -3.49. The van der Waals surface area contributed by atoms with Gasteiger partial charge in [-0.2, -0.15) is 9.29 Å². The van der Waals surface area contributed by atoms with Crippen molar-refractivity contribution in [2.75, 3.05) is 26.2 Å². The second-order valence-corrected chi connectivity index (χ2v) is 10.5. The second-order valence-electron chi connectivity index (χ2n) is 8.58. The number of rotatable bonds is 5. The standard InChI is InChI=1S/C24H28N4O3S/c1-18(24-25-23(26-31-24)20-8-3-2-4-9-20)27-13-15-28(16-14-27)32(29,30)22-12-11-19-7-5-6-10-21(19)17-22/h2-4,8-9,11-12,17-18H,5-7,10,13-16H2,1H3. The first-order valence-electron chi connectivity index (χ1n) is 11.3. The lowest BCUT2D eigenvalue weighted by atomic mass is 9.92. The zero-order valence-corrected chi connectivity index (χ0v) is 19.1. The van der Waals surface area contributed by atoms with Crippen LogP contribution in [0.25, 0.3) is 11.4 Å². The van der Waals surface area contributed by atoms with Gasteiger partial charge in [-0.25, -0.2) is 8.42 Å². The number of sulfonamides is 1. The van der Waals surface area contributed by atoms with E-state index in [1.54, 1.807) is 10.4 Å². The van der Waals surface area contributed by atoms with E-state index >= 15 is 0 Å². The summed E-state index contributed by atoms with van der Waals surface area (Å²) in [5, 5.41) is 4.11. The van der Waals surface area contributed by atoms with Gasteiger partial charge in [0, 0.05) is 31.7 Å². The van der Waals surface area contributed by atoms with E-state index in [-0.39, 0.29) is 6.04 Å². The zero-order chi connectivity index (χ0) is 22.1. The Kier molecular flexibility index (Phi) is 5.84. The third-order valence-corrected chi connectivity index (χ3v) is 8.50. The first kappa shape index (κ1) is 21.3. The van der Waals surface area contributed by atoms with E-state index in [1.807, 2.05) is 49.4 Å². The number of piperazine rings is 1. The van der Waals surface area contributed by atoms with Crippen molar-refractivity contribution in [1.29, 1.82) is 0 Å². The molecule has 3 aromatic rings. The highest BCUT2D eigenvalue weighted by molar-refractivity contribution is 7.89. The van der Waals surface area contributed by atoms with Crippen molar-refractivity contribution in [2.24, 2.45) is 0 Å². The maximum atomic E-state index is 13.2. The van der Waals surface area contributed by atoms with Crippen molar-refractivity contribution in [1.82, 2.24) is 19.3 Å². The molecule has 8 heteroatoms. The average molecular weight is 453 g/mol. The molecule has 0 saturated carbocycles. The van der Waals surface area contributed by atoms with E-state index in [2.05, 4.69) is 15.0 Å². The van der Waals surface area contributed by atoms with Crippen LogP contribution in [0, 0.1) is 0 Å². The number of nitrogens with zero attached hydrogens (tertiary/aromatic N) is 4. The molecule has 1 aromatic heterocycles. The fourth-order valence-corrected chi connectivity index (χ4v) is 6.09. The van der Waals surface area contributed by atoms with Gasteiger partial charge < -0.3 is 4.52 Å². The van der Waals surface area contributed by atoms with E-state index in [4.69, 9.17) is 4.52 Å². The number of aromatic nitrogens is 2. The van der Waals surface area contributed by atoms with Gasteiger partial charge >= 0.3 is 0 Å². The van der Waals surface area contributed by atoms with Gasteiger partial charge in [0.25, 0.3) is 0 Å². The largest absolute Gasteiger partial charge is 0.337 e. The Morgan fingerprint density at radius 1 is 0.938 bits per heavy atom. The molecule has 32 heavy (non-hydrogen) atoms. The molecule has 0 bridgehead atoms. The number of benzene rings is 2. The van der Waals surface area contributed by atoms with Crippen LogP contribution in [0.15, 0.2) is 57.9 Å². The Balaban J connectivity index is 1.25. The molecule has 2 aromatic carbocycles. The molecule has 0 N–H and O–H groups in total. The third kappa shape index (κ3) is 4.10. The molecule has 7 nitrogen and oxygen atoms in total. The Morgan fingerprint density at radius 3 is 2.41 bits per heavy atom. The van der Waals surface area contributed by atoms with Crippen LogP contribution in [0.2, 0.25) is 0 Å². The summed E-state index contributed by atoms with van der Waals surface area (Å²) in [5.41, 5.74) is 3.40. The Bertz CT molecular complexity index is 1180. The highest BCUT2D eigenvalue weighted by atomic mass is 32.2. The summed E-state index contributed by atoms with van der Waals surface area (Å²) in [5.74, 6) is 1.12. The topological polar surface area (TPSA) is 79.5 Å². The smallest absolute Gasteiger partial charge is 0.244 e. The predicted octanol–water partition coefficient (Wildman–Crippen LogP) is 3.68. The van der Waals surface area contributed by atoms with E-state index in [1.165, 1.54) is 17.5 Å². The minimum absolute atomic E-state index is 0.0754. The first-order chi connectivity index (χ1) is 15.5. The summed E-state index contributed by atoms with van der Waals surface area (Å²) >= 11 is 0. The van der Waals surface area contributed by atoms with Crippen molar-refractivity contribution < 1.29 is 12.9 Å². The second kappa shape index (κ2) is 8.77. The molecular formula is C24H28N4O3S. The van der Waals surface area contributed by atoms with Crippen LogP contribution in [0.1, 0.15) is 42.8 Å². The van der Waals surface area contributed by atoms with Gasteiger partial charge in [-0.3, -0.25) is 4.90 Å². The molecule has 1 aliphatic heterocycles. The molecule has 0 spiro atoms. The van der Waals surface area contributed by atoms with Crippen molar-refractivity contribution in [2.45, 2.75) is 43.5 Å². The maximum absolute atomic E-state index is 13.2. The van der Waals surface area contributed by atoms with Gasteiger partial charge in [0.05, 0.1) is 10.9 Å². The molecular weight excluding hydrogens is 424 g/mol. The van der Waals surface area contributed by atoms with Gasteiger partial charge in [0.1, 0.15) is 0 Å². The van der Waals surface area contributed by atoms with Crippen LogP contribution >= 0.6 is 0 Å². The molecule has 1 aliphatic carbocycles. The van der Waals surface area contributed by atoms with E-state index in [0.29, 0.717) is 42.8 Å². The SMILES string of the molecule is CC(c1nc(-c2ccccc2)no1)N1CCN(S(=O)(=O)c2ccc3c(c2)CCCC3)CC1. The van der Waals surface area contributed by atoms with E-state index in [9.17, 15) is 8.42 Å². The molecule has 2 heterocycles. The highest BCUT2D eigenvalue weighted by Gasteiger charge is 2.32. The average Bonchev–Trinajstić information content (AvgIpc) is 3.34. The minimum atomic E-state index is -3.49. The van der Waals surface area contributed by atoms with Crippen LogP contribution in [-0.2, 0) is 22.9 Å². The molecule has 2 aliphatic rings. The van der Waals surface area contributed by atoms with Crippen molar-refractivity contribution in [3.63, 3.8) is 0 Å². The van der Waals surface area contributed by atoms with Crippen molar-refractivity contribution in [3.05, 3.63) is 65.5 Å². The summed E-state index contributed by atoms with van der Waals surface area (Å²) in [6.45, 7) is 4.16. The molecule has 1 atom stereocenters. The predicted molar refractivity (Wildman–Crippen MR) is 122 cm³/mol. The van der Waals surface area contributed by atoms with Gasteiger partial charge in [0.15, 0.2) is 0 Å². The Labute approximate surface area is 189 Å². The minimum Gasteiger partial charge on any atom is -0.337 e. The lowest BCUT2D eigenvalue weighted by Crippen LogP contribution is -2.49.